The van der Waals surface area contributed by atoms with Crippen LogP contribution in [0.15, 0.2) is 46.2 Å². The van der Waals surface area contributed by atoms with E-state index in [-0.39, 0.29) is 43.3 Å². The van der Waals surface area contributed by atoms with Gasteiger partial charge in [0.15, 0.2) is 11.2 Å². The van der Waals surface area contributed by atoms with Crippen molar-refractivity contribution >= 4 is 23.1 Å². The summed E-state index contributed by atoms with van der Waals surface area (Å²) in [5.41, 5.74) is 0.259. The van der Waals surface area contributed by atoms with Gasteiger partial charge in [-0.2, -0.15) is 0 Å². The second kappa shape index (κ2) is 9.88. The molecule has 2 aromatic heterocycles. The molecule has 10 heteroatoms. The lowest BCUT2D eigenvalue weighted by atomic mass is 10.2. The van der Waals surface area contributed by atoms with E-state index in [4.69, 9.17) is 9.47 Å². The Morgan fingerprint density at radius 2 is 1.71 bits per heavy atom. The molecular formula is C21H24N4O6. The molecule has 3 rings (SSSR count). The van der Waals surface area contributed by atoms with Crippen LogP contribution in [0.1, 0.15) is 24.8 Å². The van der Waals surface area contributed by atoms with E-state index in [9.17, 15) is 19.2 Å². The smallest absolute Gasteiger partial charge is 0.332 e. The number of aryl methyl sites for hydroxylation is 1. The third kappa shape index (κ3) is 5.27. The van der Waals surface area contributed by atoms with Crippen LogP contribution >= 0.6 is 0 Å². The number of nitrogens with zero attached hydrogens (tertiary/aromatic N) is 4. The molecule has 0 unspecified atom stereocenters. The molecule has 0 aliphatic rings. The Hall–Kier alpha value is -3.69. The summed E-state index contributed by atoms with van der Waals surface area (Å²) >= 11 is 0. The zero-order valence-corrected chi connectivity index (χ0v) is 17.4. The van der Waals surface area contributed by atoms with E-state index < -0.39 is 17.2 Å². The van der Waals surface area contributed by atoms with Crippen molar-refractivity contribution in [3.8, 4) is 0 Å². The van der Waals surface area contributed by atoms with Crippen molar-refractivity contribution < 1.29 is 19.1 Å². The number of carbonyl (C=O) groups excluding carboxylic acids is 2. The molecule has 0 saturated heterocycles. The molecule has 10 nitrogen and oxygen atoms in total. The molecule has 0 fully saturated rings. The van der Waals surface area contributed by atoms with E-state index in [0.29, 0.717) is 12.8 Å². The van der Waals surface area contributed by atoms with Crippen molar-refractivity contribution in [1.29, 1.82) is 0 Å². The fourth-order valence-corrected chi connectivity index (χ4v) is 3.07. The lowest BCUT2D eigenvalue weighted by Crippen LogP contribution is -2.37. The number of imidazole rings is 1. The highest BCUT2D eigenvalue weighted by Crippen LogP contribution is 2.07. The average molecular weight is 428 g/mol. The summed E-state index contributed by atoms with van der Waals surface area (Å²) in [6.07, 6.45) is 2.60. The fourth-order valence-electron chi connectivity index (χ4n) is 3.07. The standard InChI is InChI=1S/C21H24N4O6/c1-23-19-18(20(28)24(2)21(23)29)25(14-22-19)12-17(27)30-11-7-6-10-16(26)31-13-15-8-4-3-5-9-15/h3-5,8-9,14H,6-7,10-13H2,1-2H3. The van der Waals surface area contributed by atoms with Gasteiger partial charge in [0.2, 0.25) is 0 Å². The number of unbranched alkanes of at least 4 members (excludes halogenated alkanes) is 1. The quantitative estimate of drug-likeness (QED) is 0.367. The molecule has 0 aliphatic heterocycles. The van der Waals surface area contributed by atoms with Gasteiger partial charge in [-0.3, -0.25) is 23.5 Å². The molecule has 0 spiro atoms. The molecule has 3 aromatic rings. The fraction of sp³-hybridized carbons (Fsp3) is 0.381. The predicted molar refractivity (Wildman–Crippen MR) is 111 cm³/mol. The van der Waals surface area contributed by atoms with Gasteiger partial charge >= 0.3 is 17.6 Å². The number of aromatic nitrogens is 4. The highest BCUT2D eigenvalue weighted by atomic mass is 16.5. The highest BCUT2D eigenvalue weighted by molar-refractivity contribution is 5.75. The first-order valence-electron chi connectivity index (χ1n) is 9.84. The summed E-state index contributed by atoms with van der Waals surface area (Å²) in [5.74, 6) is -0.844. The van der Waals surface area contributed by atoms with Gasteiger partial charge in [0, 0.05) is 20.5 Å². The van der Waals surface area contributed by atoms with E-state index in [2.05, 4.69) is 4.98 Å². The number of hydrogen-bond acceptors (Lipinski definition) is 7. The Morgan fingerprint density at radius 3 is 2.45 bits per heavy atom. The maximum Gasteiger partial charge on any atom is 0.332 e. The Morgan fingerprint density at radius 1 is 0.968 bits per heavy atom. The molecule has 164 valence electrons. The minimum atomic E-state index is -0.540. The molecule has 0 amide bonds. The van der Waals surface area contributed by atoms with Crippen molar-refractivity contribution in [2.75, 3.05) is 6.61 Å². The van der Waals surface area contributed by atoms with E-state index in [1.165, 1.54) is 29.6 Å². The lowest BCUT2D eigenvalue weighted by Gasteiger charge is -2.08. The molecular weight excluding hydrogens is 404 g/mol. The van der Waals surface area contributed by atoms with Gasteiger partial charge in [0.25, 0.3) is 5.56 Å². The van der Waals surface area contributed by atoms with Crippen LogP contribution in [0.25, 0.3) is 11.2 Å². The van der Waals surface area contributed by atoms with E-state index in [0.717, 1.165) is 10.1 Å². The normalized spacial score (nSPS) is 10.9. The maximum atomic E-state index is 12.4. The SMILES string of the molecule is Cn1c(=O)c2c(ncn2CC(=O)OCCCCC(=O)OCc2ccccc2)n(C)c1=O. The largest absolute Gasteiger partial charge is 0.464 e. The first-order chi connectivity index (χ1) is 14.9. The number of fused-ring (bicyclic) bond motifs is 1. The third-order valence-corrected chi connectivity index (χ3v) is 4.80. The van der Waals surface area contributed by atoms with E-state index in [1.54, 1.807) is 0 Å². The Balaban J connectivity index is 1.42. The molecule has 0 N–H and O–H groups in total. The number of carbonyl (C=O) groups is 2. The summed E-state index contributed by atoms with van der Waals surface area (Å²) in [6.45, 7) is 0.176. The molecule has 0 radical (unpaired) electrons. The van der Waals surface area contributed by atoms with E-state index in [1.807, 2.05) is 30.3 Å². The second-order valence-corrected chi connectivity index (χ2v) is 7.07. The molecule has 2 heterocycles. The summed E-state index contributed by atoms with van der Waals surface area (Å²) in [4.78, 5) is 52.3. The van der Waals surface area contributed by atoms with Crippen LogP contribution in [-0.2, 0) is 46.3 Å². The van der Waals surface area contributed by atoms with Crippen LogP contribution in [0.2, 0.25) is 0 Å². The number of ether oxygens (including phenoxy) is 2. The zero-order chi connectivity index (χ0) is 22.4. The van der Waals surface area contributed by atoms with Crippen LogP contribution in [0.4, 0.5) is 0 Å². The van der Waals surface area contributed by atoms with Gasteiger partial charge in [-0.25, -0.2) is 9.78 Å². The number of rotatable bonds is 9. The summed E-state index contributed by atoms with van der Waals surface area (Å²) in [7, 11) is 2.87. The van der Waals surface area contributed by atoms with Crippen LogP contribution in [-0.4, -0.2) is 37.2 Å². The summed E-state index contributed by atoms with van der Waals surface area (Å²) < 4.78 is 13.9. The van der Waals surface area contributed by atoms with Gasteiger partial charge in [0.05, 0.1) is 12.9 Å². The Bertz CT molecular complexity index is 1190. The second-order valence-electron chi connectivity index (χ2n) is 7.07. The number of benzene rings is 1. The lowest BCUT2D eigenvalue weighted by molar-refractivity contribution is -0.145. The van der Waals surface area contributed by atoms with Crippen LogP contribution < -0.4 is 11.2 Å². The van der Waals surface area contributed by atoms with Crippen molar-refractivity contribution in [2.24, 2.45) is 14.1 Å². The first kappa shape index (κ1) is 22.0. The molecule has 1 aromatic carbocycles. The number of hydrogen-bond donors (Lipinski definition) is 0. The van der Waals surface area contributed by atoms with Crippen molar-refractivity contribution in [3.05, 3.63) is 63.1 Å². The Labute approximate surface area is 177 Å². The highest BCUT2D eigenvalue weighted by Gasteiger charge is 2.16. The molecule has 0 aliphatic carbocycles. The maximum absolute atomic E-state index is 12.4. The van der Waals surface area contributed by atoms with Crippen molar-refractivity contribution in [3.63, 3.8) is 0 Å². The van der Waals surface area contributed by atoms with E-state index >= 15 is 0 Å². The predicted octanol–water partition coefficient (Wildman–Crippen LogP) is 0.891. The van der Waals surface area contributed by atoms with Gasteiger partial charge in [0.1, 0.15) is 13.2 Å². The van der Waals surface area contributed by atoms with Crippen LogP contribution in [0, 0.1) is 0 Å². The third-order valence-electron chi connectivity index (χ3n) is 4.80. The first-order valence-corrected chi connectivity index (χ1v) is 9.84. The Kier molecular flexibility index (Phi) is 7.01. The minimum absolute atomic E-state index is 0.147. The topological polar surface area (TPSA) is 114 Å². The minimum Gasteiger partial charge on any atom is -0.464 e. The average Bonchev–Trinajstić information content (AvgIpc) is 3.18. The molecule has 31 heavy (non-hydrogen) atoms. The van der Waals surface area contributed by atoms with Gasteiger partial charge in [-0.1, -0.05) is 30.3 Å². The van der Waals surface area contributed by atoms with Crippen LogP contribution in [0.3, 0.4) is 0 Å². The van der Waals surface area contributed by atoms with Crippen molar-refractivity contribution in [1.82, 2.24) is 18.7 Å². The zero-order valence-electron chi connectivity index (χ0n) is 17.4. The summed E-state index contributed by atoms with van der Waals surface area (Å²) in [5, 5.41) is 0. The summed E-state index contributed by atoms with van der Waals surface area (Å²) in [6, 6.07) is 9.41. The molecule has 0 atom stereocenters. The van der Waals surface area contributed by atoms with Gasteiger partial charge in [-0.05, 0) is 18.4 Å². The number of esters is 2. The molecule has 0 bridgehead atoms. The monoisotopic (exact) mass is 428 g/mol. The van der Waals surface area contributed by atoms with Crippen LogP contribution in [0.5, 0.6) is 0 Å². The molecule has 0 saturated carbocycles. The van der Waals surface area contributed by atoms with Gasteiger partial charge in [-0.15, -0.1) is 0 Å². The van der Waals surface area contributed by atoms with Crippen molar-refractivity contribution in [2.45, 2.75) is 32.4 Å². The van der Waals surface area contributed by atoms with Gasteiger partial charge < -0.3 is 14.0 Å².